The number of anilines is 1. The SMILES string of the molecule is CCNCc1c(Cl)cccc1N1CCNC(=O)C1CC. The number of halogens is 1. The third-order valence-corrected chi connectivity index (χ3v) is 4.03. The fourth-order valence-electron chi connectivity index (χ4n) is 2.65. The summed E-state index contributed by atoms with van der Waals surface area (Å²) in [6.07, 6.45) is 0.791. The lowest BCUT2D eigenvalue weighted by molar-refractivity contribution is -0.123. The van der Waals surface area contributed by atoms with Crippen molar-refractivity contribution in [1.82, 2.24) is 10.6 Å². The van der Waals surface area contributed by atoms with Gasteiger partial charge in [-0.15, -0.1) is 0 Å². The lowest BCUT2D eigenvalue weighted by Gasteiger charge is -2.37. The first-order valence-corrected chi connectivity index (χ1v) is 7.59. The van der Waals surface area contributed by atoms with Crippen LogP contribution in [0.15, 0.2) is 18.2 Å². The number of carbonyl (C=O) groups excluding carboxylic acids is 1. The van der Waals surface area contributed by atoms with E-state index < -0.39 is 0 Å². The number of amides is 1. The molecule has 1 amide bonds. The van der Waals surface area contributed by atoms with Crippen molar-refractivity contribution in [2.24, 2.45) is 0 Å². The van der Waals surface area contributed by atoms with Crippen LogP contribution in [0.2, 0.25) is 5.02 Å². The second-order valence-electron chi connectivity index (χ2n) is 4.93. The summed E-state index contributed by atoms with van der Waals surface area (Å²) in [4.78, 5) is 14.2. The second-order valence-corrected chi connectivity index (χ2v) is 5.33. The normalized spacial score (nSPS) is 19.1. The standard InChI is InChI=1S/C15H22ClN3O/c1-3-13-15(20)18-8-9-19(13)14-7-5-6-12(16)11(14)10-17-4-2/h5-7,13,17H,3-4,8-10H2,1-2H3,(H,18,20). The maximum atomic E-state index is 12.0. The third kappa shape index (κ3) is 3.07. The van der Waals surface area contributed by atoms with Gasteiger partial charge in [-0.05, 0) is 25.1 Å². The van der Waals surface area contributed by atoms with Crippen molar-refractivity contribution in [1.29, 1.82) is 0 Å². The largest absolute Gasteiger partial charge is 0.357 e. The molecule has 1 aromatic rings. The highest BCUT2D eigenvalue weighted by molar-refractivity contribution is 6.31. The Balaban J connectivity index is 2.34. The van der Waals surface area contributed by atoms with Gasteiger partial charge in [0, 0.05) is 35.9 Å². The van der Waals surface area contributed by atoms with Gasteiger partial charge < -0.3 is 15.5 Å². The van der Waals surface area contributed by atoms with Crippen LogP contribution in [0.4, 0.5) is 5.69 Å². The molecule has 1 heterocycles. The van der Waals surface area contributed by atoms with Crippen molar-refractivity contribution in [3.63, 3.8) is 0 Å². The van der Waals surface area contributed by atoms with Crippen molar-refractivity contribution in [3.05, 3.63) is 28.8 Å². The molecule has 110 valence electrons. The smallest absolute Gasteiger partial charge is 0.242 e. The van der Waals surface area contributed by atoms with E-state index in [0.717, 1.165) is 42.3 Å². The van der Waals surface area contributed by atoms with E-state index in [2.05, 4.69) is 28.5 Å². The summed E-state index contributed by atoms with van der Waals surface area (Å²) in [6.45, 7) is 7.23. The number of hydrogen-bond acceptors (Lipinski definition) is 3. The summed E-state index contributed by atoms with van der Waals surface area (Å²) in [5, 5.41) is 7.00. The Hall–Kier alpha value is -1.26. The summed E-state index contributed by atoms with van der Waals surface area (Å²) < 4.78 is 0. The summed E-state index contributed by atoms with van der Waals surface area (Å²) >= 11 is 6.34. The predicted molar refractivity (Wildman–Crippen MR) is 83.3 cm³/mol. The third-order valence-electron chi connectivity index (χ3n) is 3.67. The van der Waals surface area contributed by atoms with E-state index in [0.29, 0.717) is 6.54 Å². The van der Waals surface area contributed by atoms with Crippen molar-refractivity contribution in [3.8, 4) is 0 Å². The summed E-state index contributed by atoms with van der Waals surface area (Å²) in [5.41, 5.74) is 2.14. The Morgan fingerprint density at radius 1 is 1.45 bits per heavy atom. The monoisotopic (exact) mass is 295 g/mol. The molecule has 0 radical (unpaired) electrons. The molecule has 2 rings (SSSR count). The first-order chi connectivity index (χ1) is 9.69. The minimum absolute atomic E-state index is 0.105. The maximum Gasteiger partial charge on any atom is 0.242 e. The number of rotatable bonds is 5. The molecule has 0 bridgehead atoms. The summed E-state index contributed by atoms with van der Waals surface area (Å²) in [6, 6.07) is 5.80. The lowest BCUT2D eigenvalue weighted by Crippen LogP contribution is -2.55. The van der Waals surface area contributed by atoms with E-state index in [9.17, 15) is 4.79 Å². The first-order valence-electron chi connectivity index (χ1n) is 7.21. The molecular weight excluding hydrogens is 274 g/mol. The molecule has 1 aliphatic heterocycles. The van der Waals surface area contributed by atoms with Crippen LogP contribution in [0.25, 0.3) is 0 Å². The predicted octanol–water partition coefficient (Wildman–Crippen LogP) is 2.16. The van der Waals surface area contributed by atoms with Gasteiger partial charge in [0.1, 0.15) is 6.04 Å². The minimum Gasteiger partial charge on any atom is -0.357 e. The van der Waals surface area contributed by atoms with E-state index in [1.54, 1.807) is 0 Å². The van der Waals surface area contributed by atoms with Crippen LogP contribution in [0.1, 0.15) is 25.8 Å². The number of nitrogens with zero attached hydrogens (tertiary/aromatic N) is 1. The highest BCUT2D eigenvalue weighted by Gasteiger charge is 2.29. The van der Waals surface area contributed by atoms with Crippen LogP contribution in [0.3, 0.4) is 0 Å². The summed E-state index contributed by atoms with van der Waals surface area (Å²) in [7, 11) is 0. The molecule has 1 saturated heterocycles. The first kappa shape index (κ1) is 15.1. The topological polar surface area (TPSA) is 44.4 Å². The van der Waals surface area contributed by atoms with Gasteiger partial charge in [-0.2, -0.15) is 0 Å². The highest BCUT2D eigenvalue weighted by Crippen LogP contribution is 2.30. The van der Waals surface area contributed by atoms with Crippen LogP contribution in [-0.4, -0.2) is 31.6 Å². The Bertz CT molecular complexity index is 478. The van der Waals surface area contributed by atoms with E-state index in [4.69, 9.17) is 11.6 Å². The molecule has 0 spiro atoms. The minimum atomic E-state index is -0.109. The van der Waals surface area contributed by atoms with Gasteiger partial charge in [-0.3, -0.25) is 4.79 Å². The zero-order chi connectivity index (χ0) is 14.5. The van der Waals surface area contributed by atoms with E-state index in [-0.39, 0.29) is 11.9 Å². The van der Waals surface area contributed by atoms with Gasteiger partial charge in [0.25, 0.3) is 0 Å². The number of carbonyl (C=O) groups is 1. The van der Waals surface area contributed by atoms with Gasteiger partial charge in [-0.1, -0.05) is 31.5 Å². The molecule has 20 heavy (non-hydrogen) atoms. The average Bonchev–Trinajstić information content (AvgIpc) is 2.45. The number of hydrogen-bond donors (Lipinski definition) is 2. The fourth-order valence-corrected chi connectivity index (χ4v) is 2.89. The van der Waals surface area contributed by atoms with E-state index >= 15 is 0 Å². The van der Waals surface area contributed by atoms with Gasteiger partial charge in [0.15, 0.2) is 0 Å². The highest BCUT2D eigenvalue weighted by atomic mass is 35.5. The number of nitrogens with one attached hydrogen (secondary N) is 2. The molecular formula is C15H22ClN3O. The van der Waals surface area contributed by atoms with Crippen LogP contribution in [-0.2, 0) is 11.3 Å². The average molecular weight is 296 g/mol. The fraction of sp³-hybridized carbons (Fsp3) is 0.533. The van der Waals surface area contributed by atoms with Gasteiger partial charge in [0.05, 0.1) is 0 Å². The molecule has 0 aromatic heterocycles. The number of benzene rings is 1. The molecule has 5 heteroatoms. The van der Waals surface area contributed by atoms with E-state index in [1.807, 2.05) is 19.1 Å². The van der Waals surface area contributed by atoms with E-state index in [1.165, 1.54) is 0 Å². The Morgan fingerprint density at radius 3 is 2.95 bits per heavy atom. The zero-order valence-corrected chi connectivity index (χ0v) is 12.8. The molecule has 0 aliphatic carbocycles. The Labute approximate surface area is 125 Å². The van der Waals surface area contributed by atoms with Crippen LogP contribution >= 0.6 is 11.6 Å². The molecule has 2 N–H and O–H groups in total. The van der Waals surface area contributed by atoms with Gasteiger partial charge >= 0.3 is 0 Å². The lowest BCUT2D eigenvalue weighted by atomic mass is 10.1. The van der Waals surface area contributed by atoms with Crippen LogP contribution in [0, 0.1) is 0 Å². The Kier molecular flexibility index (Phi) is 5.26. The van der Waals surface area contributed by atoms with Gasteiger partial charge in [-0.25, -0.2) is 0 Å². The van der Waals surface area contributed by atoms with Crippen LogP contribution in [0.5, 0.6) is 0 Å². The zero-order valence-electron chi connectivity index (χ0n) is 12.1. The van der Waals surface area contributed by atoms with Crippen molar-refractivity contribution in [2.45, 2.75) is 32.9 Å². The van der Waals surface area contributed by atoms with Crippen molar-refractivity contribution < 1.29 is 4.79 Å². The van der Waals surface area contributed by atoms with Crippen molar-refractivity contribution >= 4 is 23.2 Å². The molecule has 1 unspecified atom stereocenters. The quantitative estimate of drug-likeness (QED) is 0.875. The molecule has 4 nitrogen and oxygen atoms in total. The Morgan fingerprint density at radius 2 is 2.25 bits per heavy atom. The molecule has 0 saturated carbocycles. The molecule has 1 aliphatic rings. The molecule has 1 atom stereocenters. The summed E-state index contributed by atoms with van der Waals surface area (Å²) in [5.74, 6) is 0.105. The van der Waals surface area contributed by atoms with Crippen LogP contribution < -0.4 is 15.5 Å². The van der Waals surface area contributed by atoms with Gasteiger partial charge in [0.2, 0.25) is 5.91 Å². The molecule has 1 fully saturated rings. The van der Waals surface area contributed by atoms with Crippen molar-refractivity contribution in [2.75, 3.05) is 24.5 Å². The maximum absolute atomic E-state index is 12.0. The molecule has 1 aromatic carbocycles. The second kappa shape index (κ2) is 6.95. The number of piperazine rings is 1.